The van der Waals surface area contributed by atoms with Crippen molar-refractivity contribution in [1.29, 1.82) is 0 Å². The summed E-state index contributed by atoms with van der Waals surface area (Å²) in [6.45, 7) is 14.4. The molecule has 3 amide bonds. The Morgan fingerprint density at radius 1 is 0.930 bits per heavy atom. The highest BCUT2D eigenvalue weighted by Gasteiger charge is 2.28. The fraction of sp³-hybridized carbons (Fsp3) is 0.515. The van der Waals surface area contributed by atoms with Gasteiger partial charge >= 0.3 is 12.1 Å². The second-order valence-corrected chi connectivity index (χ2v) is 12.7. The van der Waals surface area contributed by atoms with E-state index in [1.807, 2.05) is 31.2 Å². The van der Waals surface area contributed by atoms with Crippen LogP contribution in [0, 0.1) is 5.92 Å². The third-order valence-electron chi connectivity index (χ3n) is 6.57. The van der Waals surface area contributed by atoms with Crippen molar-refractivity contribution >= 4 is 35.3 Å². The molecular formula is C33H45N3O7. The van der Waals surface area contributed by atoms with Crippen molar-refractivity contribution in [2.45, 2.75) is 85.0 Å². The summed E-state index contributed by atoms with van der Waals surface area (Å²) in [5.41, 5.74) is 1.02. The number of esters is 1. The number of benzene rings is 2. The summed E-state index contributed by atoms with van der Waals surface area (Å²) in [5.74, 6) is -0.624. The number of amides is 3. The Bertz CT molecular complexity index is 1260. The molecule has 234 valence electrons. The maximum Gasteiger partial charge on any atom is 0.408 e. The smallest absolute Gasteiger partial charge is 0.408 e. The maximum absolute atomic E-state index is 13.4. The van der Waals surface area contributed by atoms with Gasteiger partial charge < -0.3 is 29.7 Å². The van der Waals surface area contributed by atoms with E-state index in [1.165, 1.54) is 0 Å². The molecule has 1 unspecified atom stereocenters. The predicted octanol–water partition coefficient (Wildman–Crippen LogP) is 5.50. The molecule has 2 aromatic rings. The molecule has 0 saturated carbocycles. The van der Waals surface area contributed by atoms with Gasteiger partial charge in [-0.1, -0.05) is 12.1 Å². The van der Waals surface area contributed by atoms with Gasteiger partial charge in [0.2, 0.25) is 11.8 Å². The molecule has 0 aliphatic carbocycles. The third kappa shape index (κ3) is 11.0. The van der Waals surface area contributed by atoms with Crippen LogP contribution in [-0.4, -0.2) is 60.9 Å². The summed E-state index contributed by atoms with van der Waals surface area (Å²) in [7, 11) is 0. The molecule has 1 aliphatic heterocycles. The second kappa shape index (κ2) is 14.5. The monoisotopic (exact) mass is 595 g/mol. The highest BCUT2D eigenvalue weighted by Crippen LogP contribution is 2.25. The molecule has 0 radical (unpaired) electrons. The van der Waals surface area contributed by atoms with Crippen molar-refractivity contribution in [3.05, 3.63) is 59.7 Å². The van der Waals surface area contributed by atoms with Crippen LogP contribution in [0.2, 0.25) is 0 Å². The van der Waals surface area contributed by atoms with Crippen LogP contribution in [0.3, 0.4) is 0 Å². The zero-order valence-corrected chi connectivity index (χ0v) is 26.3. The van der Waals surface area contributed by atoms with Gasteiger partial charge in [0, 0.05) is 44.0 Å². The average Bonchev–Trinajstić information content (AvgIpc) is 2.90. The second-order valence-electron chi connectivity index (χ2n) is 12.7. The van der Waals surface area contributed by atoms with Crippen molar-refractivity contribution in [2.75, 3.05) is 30.0 Å². The summed E-state index contributed by atoms with van der Waals surface area (Å²) < 4.78 is 16.3. The molecule has 1 saturated heterocycles. The fourth-order valence-electron chi connectivity index (χ4n) is 4.56. The van der Waals surface area contributed by atoms with Crippen LogP contribution in [0.5, 0.6) is 0 Å². The van der Waals surface area contributed by atoms with Crippen LogP contribution in [0.15, 0.2) is 48.5 Å². The first kappa shape index (κ1) is 33.6. The largest absolute Gasteiger partial charge is 0.456 e. The molecule has 10 nitrogen and oxygen atoms in total. The number of carbonyl (C=O) groups excluding carboxylic acids is 4. The van der Waals surface area contributed by atoms with E-state index in [0.29, 0.717) is 37.4 Å². The van der Waals surface area contributed by atoms with Crippen LogP contribution in [0.4, 0.5) is 16.2 Å². The maximum atomic E-state index is 13.4. The standard InChI is InChI=1S/C33H45N3O7/c1-8-41-21-23-17-18-36(28(37)20-23)26-15-9-22(10-16-26)19-27(35-31(40)43-33(5,6)7)29(38)34-25-13-11-24(12-14-25)30(39)42-32(2,3)4/h9-16,23,27H,8,17-21H2,1-7H3,(H,34,38)(H,35,40)/t23?,27-/m0/s1. The molecule has 1 aliphatic rings. The molecular weight excluding hydrogens is 550 g/mol. The lowest BCUT2D eigenvalue weighted by Crippen LogP contribution is -2.47. The van der Waals surface area contributed by atoms with Crippen molar-refractivity contribution in [3.63, 3.8) is 0 Å². The number of alkyl carbamates (subject to hydrolysis) is 1. The first-order valence-corrected chi connectivity index (χ1v) is 14.7. The minimum absolute atomic E-state index is 0.0604. The number of carbonyl (C=O) groups is 4. The van der Waals surface area contributed by atoms with E-state index in [-0.39, 0.29) is 18.2 Å². The van der Waals surface area contributed by atoms with Crippen molar-refractivity contribution in [3.8, 4) is 0 Å². The summed E-state index contributed by atoms with van der Waals surface area (Å²) >= 11 is 0. The molecule has 10 heteroatoms. The van der Waals surface area contributed by atoms with Crippen LogP contribution in [0.25, 0.3) is 0 Å². The number of hydrogen-bond donors (Lipinski definition) is 2. The first-order chi connectivity index (χ1) is 20.1. The molecule has 1 heterocycles. The lowest BCUT2D eigenvalue weighted by molar-refractivity contribution is -0.121. The Morgan fingerprint density at radius 2 is 1.56 bits per heavy atom. The zero-order valence-electron chi connectivity index (χ0n) is 26.3. The van der Waals surface area contributed by atoms with E-state index in [9.17, 15) is 19.2 Å². The van der Waals surface area contributed by atoms with Crippen molar-refractivity contribution in [1.82, 2.24) is 5.32 Å². The average molecular weight is 596 g/mol. The quantitative estimate of drug-likeness (QED) is 0.348. The Labute approximate surface area is 254 Å². The van der Waals surface area contributed by atoms with Gasteiger partial charge in [0.15, 0.2) is 0 Å². The number of nitrogens with one attached hydrogen (secondary N) is 2. The molecule has 0 aromatic heterocycles. The summed E-state index contributed by atoms with van der Waals surface area (Å²) in [4.78, 5) is 52.9. The van der Waals surface area contributed by atoms with Gasteiger partial charge in [-0.3, -0.25) is 9.59 Å². The number of nitrogens with zero attached hydrogens (tertiary/aromatic N) is 1. The van der Waals surface area contributed by atoms with Gasteiger partial charge in [0.25, 0.3) is 0 Å². The Kier molecular flexibility index (Phi) is 11.3. The van der Waals surface area contributed by atoms with Gasteiger partial charge in [0.1, 0.15) is 17.2 Å². The zero-order chi connectivity index (χ0) is 31.8. The van der Waals surface area contributed by atoms with Crippen LogP contribution in [0.1, 0.15) is 77.2 Å². The van der Waals surface area contributed by atoms with E-state index in [4.69, 9.17) is 14.2 Å². The molecule has 3 rings (SSSR count). The SMILES string of the molecule is CCOCC1CCN(c2ccc(C[C@H](NC(=O)OC(C)(C)C)C(=O)Nc3ccc(C(=O)OC(C)(C)C)cc3)cc2)C(=O)C1. The normalized spacial score (nSPS) is 16.3. The number of ether oxygens (including phenoxy) is 3. The Balaban J connectivity index is 1.70. The van der Waals surface area contributed by atoms with Crippen LogP contribution < -0.4 is 15.5 Å². The van der Waals surface area contributed by atoms with E-state index in [0.717, 1.165) is 17.7 Å². The van der Waals surface area contributed by atoms with E-state index in [1.54, 1.807) is 70.7 Å². The number of rotatable bonds is 10. The van der Waals surface area contributed by atoms with E-state index < -0.39 is 35.2 Å². The van der Waals surface area contributed by atoms with Crippen molar-refractivity contribution < 1.29 is 33.4 Å². The number of hydrogen-bond acceptors (Lipinski definition) is 7. The van der Waals surface area contributed by atoms with E-state index in [2.05, 4.69) is 10.6 Å². The number of piperidine rings is 1. The minimum atomic E-state index is -0.956. The first-order valence-electron chi connectivity index (χ1n) is 14.7. The fourth-order valence-corrected chi connectivity index (χ4v) is 4.56. The lowest BCUT2D eigenvalue weighted by Gasteiger charge is -2.31. The molecule has 2 atom stereocenters. The lowest BCUT2D eigenvalue weighted by atomic mass is 9.96. The summed E-state index contributed by atoms with van der Waals surface area (Å²) in [6, 6.07) is 12.8. The van der Waals surface area contributed by atoms with Crippen LogP contribution in [-0.2, 0) is 30.2 Å². The van der Waals surface area contributed by atoms with Crippen molar-refractivity contribution in [2.24, 2.45) is 5.92 Å². The molecule has 0 bridgehead atoms. The third-order valence-corrected chi connectivity index (χ3v) is 6.57. The van der Waals surface area contributed by atoms with Gasteiger partial charge in [-0.15, -0.1) is 0 Å². The van der Waals surface area contributed by atoms with Crippen LogP contribution >= 0.6 is 0 Å². The summed E-state index contributed by atoms with van der Waals surface area (Å²) in [5, 5.41) is 5.49. The minimum Gasteiger partial charge on any atom is -0.456 e. The topological polar surface area (TPSA) is 123 Å². The highest BCUT2D eigenvalue weighted by atomic mass is 16.6. The number of anilines is 2. The molecule has 2 N–H and O–H groups in total. The highest BCUT2D eigenvalue weighted by molar-refractivity contribution is 5.98. The molecule has 2 aromatic carbocycles. The Morgan fingerprint density at radius 3 is 2.12 bits per heavy atom. The van der Waals surface area contributed by atoms with Gasteiger partial charge in [-0.25, -0.2) is 9.59 Å². The predicted molar refractivity (Wildman–Crippen MR) is 165 cm³/mol. The van der Waals surface area contributed by atoms with Gasteiger partial charge in [-0.05, 0) is 103 Å². The van der Waals surface area contributed by atoms with Gasteiger partial charge in [-0.2, -0.15) is 0 Å². The van der Waals surface area contributed by atoms with Gasteiger partial charge in [0.05, 0.1) is 5.56 Å². The molecule has 43 heavy (non-hydrogen) atoms. The Hall–Kier alpha value is -3.92. The summed E-state index contributed by atoms with van der Waals surface area (Å²) in [6.07, 6.45) is 0.785. The molecule has 0 spiro atoms. The van der Waals surface area contributed by atoms with E-state index >= 15 is 0 Å². The molecule has 1 fully saturated rings.